The molecule has 5 heteroatoms. The van der Waals surface area contributed by atoms with Gasteiger partial charge < -0.3 is 9.47 Å². The summed E-state index contributed by atoms with van der Waals surface area (Å²) in [6.07, 6.45) is 3.55. The summed E-state index contributed by atoms with van der Waals surface area (Å²) in [7, 11) is 3.99. The number of nitrogens with zero attached hydrogens (tertiary/aromatic N) is 3. The third kappa shape index (κ3) is 3.63. The summed E-state index contributed by atoms with van der Waals surface area (Å²) < 4.78 is 1.91. The number of anilines is 1. The first-order chi connectivity index (χ1) is 11.6. The van der Waals surface area contributed by atoms with Gasteiger partial charge in [0.15, 0.2) is 0 Å². The third-order valence-electron chi connectivity index (χ3n) is 3.81. The zero-order chi connectivity index (χ0) is 16.9. The fraction of sp³-hybridized carbons (Fsp3) is 0.158. The Hall–Kier alpha value is -3.08. The Morgan fingerprint density at radius 2 is 1.88 bits per heavy atom. The highest BCUT2D eigenvalue weighted by atomic mass is 16.2. The molecule has 0 aliphatic rings. The third-order valence-corrected chi connectivity index (χ3v) is 3.81. The summed E-state index contributed by atoms with van der Waals surface area (Å²) in [5.41, 5.74) is 5.67. The van der Waals surface area contributed by atoms with Crippen LogP contribution in [0.1, 0.15) is 5.56 Å². The normalized spacial score (nSPS) is 11.1. The number of hydrogen-bond donors (Lipinski definition) is 1. The Labute approximate surface area is 141 Å². The maximum Gasteiger partial charge on any atom is 0.259 e. The molecule has 0 atom stereocenters. The molecule has 0 saturated heterocycles. The van der Waals surface area contributed by atoms with E-state index in [1.807, 2.05) is 84.4 Å². The van der Waals surface area contributed by atoms with Gasteiger partial charge in [-0.2, -0.15) is 5.10 Å². The van der Waals surface area contributed by atoms with Crippen LogP contribution in [0.4, 0.5) is 5.69 Å². The molecule has 1 N–H and O–H groups in total. The van der Waals surface area contributed by atoms with Crippen LogP contribution in [0.5, 0.6) is 0 Å². The Balaban J connectivity index is 1.59. The van der Waals surface area contributed by atoms with Crippen molar-refractivity contribution < 1.29 is 4.79 Å². The number of carbonyl (C=O) groups excluding carboxylic acids is 1. The quantitative estimate of drug-likeness (QED) is 0.580. The molecule has 0 fully saturated rings. The summed E-state index contributed by atoms with van der Waals surface area (Å²) in [5, 5.41) is 5.15. The molecule has 122 valence electrons. The van der Waals surface area contributed by atoms with Crippen molar-refractivity contribution in [1.82, 2.24) is 9.99 Å². The van der Waals surface area contributed by atoms with Crippen molar-refractivity contribution >= 4 is 28.7 Å². The molecule has 0 radical (unpaired) electrons. The smallest absolute Gasteiger partial charge is 0.259 e. The van der Waals surface area contributed by atoms with Crippen LogP contribution >= 0.6 is 0 Å². The van der Waals surface area contributed by atoms with Gasteiger partial charge in [0.25, 0.3) is 5.91 Å². The van der Waals surface area contributed by atoms with Gasteiger partial charge in [0.1, 0.15) is 6.54 Å². The topological polar surface area (TPSA) is 49.6 Å². The van der Waals surface area contributed by atoms with E-state index in [1.165, 1.54) is 0 Å². The molecule has 3 aromatic rings. The first-order valence-corrected chi connectivity index (χ1v) is 7.76. The molecule has 0 unspecified atom stereocenters. The summed E-state index contributed by atoms with van der Waals surface area (Å²) >= 11 is 0. The van der Waals surface area contributed by atoms with Crippen LogP contribution in [-0.4, -0.2) is 30.8 Å². The van der Waals surface area contributed by atoms with Crippen LogP contribution in [0.2, 0.25) is 0 Å². The number of aromatic nitrogens is 1. The number of fused-ring (bicyclic) bond motifs is 1. The monoisotopic (exact) mass is 320 g/mol. The molecule has 0 saturated carbocycles. The summed E-state index contributed by atoms with van der Waals surface area (Å²) in [6.45, 7) is 0.240. The molecular formula is C19H20N4O. The molecule has 1 heterocycles. The van der Waals surface area contributed by atoms with Crippen molar-refractivity contribution in [1.29, 1.82) is 0 Å². The van der Waals surface area contributed by atoms with Gasteiger partial charge in [0.05, 0.1) is 6.21 Å². The van der Waals surface area contributed by atoms with Gasteiger partial charge in [-0.05, 0) is 35.2 Å². The van der Waals surface area contributed by atoms with E-state index in [0.29, 0.717) is 0 Å². The SMILES string of the molecule is CN(C)c1ccc(/C=N\NC(=O)Cn2ccc3ccccc32)cc1. The molecule has 24 heavy (non-hydrogen) atoms. The van der Waals surface area contributed by atoms with Crippen molar-refractivity contribution in [3.8, 4) is 0 Å². The lowest BCUT2D eigenvalue weighted by Gasteiger charge is -2.11. The van der Waals surface area contributed by atoms with Gasteiger partial charge in [-0.25, -0.2) is 5.43 Å². The average Bonchev–Trinajstić information content (AvgIpc) is 2.98. The van der Waals surface area contributed by atoms with Crippen LogP contribution in [-0.2, 0) is 11.3 Å². The molecular weight excluding hydrogens is 300 g/mol. The van der Waals surface area contributed by atoms with Crippen molar-refractivity contribution in [2.75, 3.05) is 19.0 Å². The molecule has 0 aliphatic carbocycles. The predicted molar refractivity (Wildman–Crippen MR) is 98.4 cm³/mol. The second-order valence-electron chi connectivity index (χ2n) is 5.78. The van der Waals surface area contributed by atoms with Crippen LogP contribution in [0, 0.1) is 0 Å². The van der Waals surface area contributed by atoms with Gasteiger partial charge in [-0.15, -0.1) is 0 Å². The van der Waals surface area contributed by atoms with Crippen molar-refractivity contribution in [3.63, 3.8) is 0 Å². The van der Waals surface area contributed by atoms with Crippen LogP contribution < -0.4 is 10.3 Å². The highest BCUT2D eigenvalue weighted by Gasteiger charge is 2.04. The van der Waals surface area contributed by atoms with Crippen molar-refractivity contribution in [2.45, 2.75) is 6.54 Å². The Morgan fingerprint density at radius 1 is 1.12 bits per heavy atom. The minimum atomic E-state index is -0.155. The molecule has 1 aromatic heterocycles. The predicted octanol–water partition coefficient (Wildman–Crippen LogP) is 2.86. The molecule has 3 rings (SSSR count). The highest BCUT2D eigenvalue weighted by Crippen LogP contribution is 2.14. The lowest BCUT2D eigenvalue weighted by atomic mass is 10.2. The first-order valence-electron chi connectivity index (χ1n) is 7.76. The van der Waals surface area contributed by atoms with Gasteiger partial charge in [0, 0.05) is 31.5 Å². The zero-order valence-electron chi connectivity index (χ0n) is 13.8. The average molecular weight is 320 g/mol. The van der Waals surface area contributed by atoms with Gasteiger partial charge in [-0.3, -0.25) is 4.79 Å². The number of amides is 1. The Bertz CT molecular complexity index is 862. The summed E-state index contributed by atoms with van der Waals surface area (Å²) in [4.78, 5) is 14.1. The molecule has 1 amide bonds. The number of para-hydroxylation sites is 1. The molecule has 2 aromatic carbocycles. The summed E-state index contributed by atoms with van der Waals surface area (Å²) in [6, 6.07) is 17.9. The lowest BCUT2D eigenvalue weighted by molar-refractivity contribution is -0.121. The second-order valence-corrected chi connectivity index (χ2v) is 5.78. The Morgan fingerprint density at radius 3 is 2.62 bits per heavy atom. The van der Waals surface area contributed by atoms with Crippen LogP contribution in [0.15, 0.2) is 65.9 Å². The van der Waals surface area contributed by atoms with Gasteiger partial charge >= 0.3 is 0 Å². The number of nitrogens with one attached hydrogen (secondary N) is 1. The number of hydrazone groups is 1. The molecule has 0 aliphatic heterocycles. The highest BCUT2D eigenvalue weighted by molar-refractivity contribution is 5.85. The minimum Gasteiger partial charge on any atom is -0.378 e. The van der Waals surface area contributed by atoms with E-state index in [4.69, 9.17) is 0 Å². The fourth-order valence-electron chi connectivity index (χ4n) is 2.51. The van der Waals surface area contributed by atoms with E-state index < -0.39 is 0 Å². The van der Waals surface area contributed by atoms with Crippen molar-refractivity contribution in [3.05, 3.63) is 66.4 Å². The largest absolute Gasteiger partial charge is 0.378 e. The first kappa shape index (κ1) is 15.8. The fourth-order valence-corrected chi connectivity index (χ4v) is 2.51. The minimum absolute atomic E-state index is 0.155. The van der Waals surface area contributed by atoms with E-state index in [1.54, 1.807) is 6.21 Å². The molecule has 0 bridgehead atoms. The van der Waals surface area contributed by atoms with Crippen LogP contribution in [0.25, 0.3) is 10.9 Å². The number of benzene rings is 2. The van der Waals surface area contributed by atoms with E-state index in [0.717, 1.165) is 22.2 Å². The van der Waals surface area contributed by atoms with Crippen LogP contribution in [0.3, 0.4) is 0 Å². The van der Waals surface area contributed by atoms with Crippen molar-refractivity contribution in [2.24, 2.45) is 5.10 Å². The molecule has 5 nitrogen and oxygen atoms in total. The summed E-state index contributed by atoms with van der Waals surface area (Å²) in [5.74, 6) is -0.155. The van der Waals surface area contributed by atoms with Gasteiger partial charge in [-0.1, -0.05) is 30.3 Å². The van der Waals surface area contributed by atoms with E-state index in [2.05, 4.69) is 10.5 Å². The lowest BCUT2D eigenvalue weighted by Crippen LogP contribution is -2.22. The van der Waals surface area contributed by atoms with E-state index in [9.17, 15) is 4.79 Å². The second kappa shape index (κ2) is 7.00. The maximum atomic E-state index is 12.0. The Kier molecular flexibility index (Phi) is 4.61. The number of carbonyl (C=O) groups is 1. The molecule has 0 spiro atoms. The zero-order valence-corrected chi connectivity index (χ0v) is 13.8. The van der Waals surface area contributed by atoms with E-state index >= 15 is 0 Å². The number of hydrogen-bond acceptors (Lipinski definition) is 3. The maximum absolute atomic E-state index is 12.0. The van der Waals surface area contributed by atoms with Gasteiger partial charge in [0.2, 0.25) is 0 Å². The number of rotatable bonds is 5. The van der Waals surface area contributed by atoms with E-state index in [-0.39, 0.29) is 12.5 Å². The standard InChI is InChI=1S/C19H20N4O/c1-22(2)17-9-7-15(8-10-17)13-20-21-19(24)14-23-12-11-16-5-3-4-6-18(16)23/h3-13H,14H2,1-2H3,(H,21,24)/b20-13-.